The van der Waals surface area contributed by atoms with Gasteiger partial charge in [0.05, 0.1) is 17.2 Å². The molecular formula is C20H14ClN5O2. The van der Waals surface area contributed by atoms with E-state index in [2.05, 4.69) is 22.0 Å². The molecule has 0 radical (unpaired) electrons. The fraction of sp³-hybridized carbons (Fsp3) is 0.100. The highest BCUT2D eigenvalue weighted by Crippen LogP contribution is 2.35. The van der Waals surface area contributed by atoms with Gasteiger partial charge in [0.15, 0.2) is 0 Å². The molecule has 0 aliphatic carbocycles. The van der Waals surface area contributed by atoms with Crippen LogP contribution < -0.4 is 10.2 Å². The second kappa shape index (κ2) is 6.03. The summed E-state index contributed by atoms with van der Waals surface area (Å²) in [7, 11) is 0. The Hall–Kier alpha value is -3.45. The fourth-order valence-corrected chi connectivity index (χ4v) is 3.68. The predicted molar refractivity (Wildman–Crippen MR) is 105 cm³/mol. The molecule has 0 saturated heterocycles. The number of allylic oxidation sites excluding steroid dienone is 1. The Labute approximate surface area is 165 Å². The van der Waals surface area contributed by atoms with E-state index in [1.807, 2.05) is 24.3 Å². The van der Waals surface area contributed by atoms with Crippen molar-refractivity contribution in [2.75, 3.05) is 10.2 Å². The number of hydrogen-bond donors (Lipinski definition) is 1. The Bertz CT molecular complexity index is 1120. The van der Waals surface area contributed by atoms with Gasteiger partial charge < -0.3 is 5.32 Å². The number of halogens is 1. The first-order valence-electron chi connectivity index (χ1n) is 8.67. The van der Waals surface area contributed by atoms with Crippen molar-refractivity contribution in [2.24, 2.45) is 0 Å². The molecule has 0 saturated carbocycles. The van der Waals surface area contributed by atoms with Crippen molar-refractivity contribution in [3.63, 3.8) is 0 Å². The molecule has 1 N–H and O–H groups in total. The molecule has 0 fully saturated rings. The SMILES string of the molecule is C=C1C[C@@H](c2ccc(Cl)cc2)n2nc(N3C(=O)c4ccccc4C3=O)nc2N1. The van der Waals surface area contributed by atoms with Crippen molar-refractivity contribution in [3.8, 4) is 0 Å². The highest BCUT2D eigenvalue weighted by atomic mass is 35.5. The van der Waals surface area contributed by atoms with E-state index in [9.17, 15) is 9.59 Å². The van der Waals surface area contributed by atoms with Crippen molar-refractivity contribution in [2.45, 2.75) is 12.5 Å². The Kier molecular flexibility index (Phi) is 3.60. The zero-order chi connectivity index (χ0) is 19.4. The minimum Gasteiger partial charge on any atom is -0.329 e. The van der Waals surface area contributed by atoms with E-state index in [-0.39, 0.29) is 12.0 Å². The number of carbonyl (C=O) groups is 2. The molecular weight excluding hydrogens is 378 g/mol. The normalized spacial score (nSPS) is 18.1. The third-order valence-corrected chi connectivity index (χ3v) is 5.14. The van der Waals surface area contributed by atoms with Crippen LogP contribution in [0.2, 0.25) is 5.02 Å². The number of anilines is 2. The molecule has 3 aromatic rings. The van der Waals surface area contributed by atoms with Crippen molar-refractivity contribution < 1.29 is 9.59 Å². The van der Waals surface area contributed by atoms with Gasteiger partial charge in [0.25, 0.3) is 17.8 Å². The van der Waals surface area contributed by atoms with E-state index in [0.717, 1.165) is 16.2 Å². The Morgan fingerprint density at radius 2 is 1.68 bits per heavy atom. The average Bonchev–Trinajstić information content (AvgIpc) is 3.21. The number of fused-ring (bicyclic) bond motifs is 2. The zero-order valence-electron chi connectivity index (χ0n) is 14.6. The van der Waals surface area contributed by atoms with Crippen LogP contribution in [-0.2, 0) is 0 Å². The molecule has 1 atom stereocenters. The number of aromatic nitrogens is 3. The van der Waals surface area contributed by atoms with Crippen LogP contribution in [-0.4, -0.2) is 26.6 Å². The van der Waals surface area contributed by atoms with Crippen molar-refractivity contribution >= 4 is 35.3 Å². The first kappa shape index (κ1) is 16.7. The Morgan fingerprint density at radius 3 is 2.32 bits per heavy atom. The third-order valence-electron chi connectivity index (χ3n) is 4.89. The topological polar surface area (TPSA) is 80.1 Å². The lowest BCUT2D eigenvalue weighted by molar-refractivity contribution is 0.0923. The summed E-state index contributed by atoms with van der Waals surface area (Å²) in [6, 6.07) is 14.0. The van der Waals surface area contributed by atoms with Crippen molar-refractivity contribution in [3.05, 3.63) is 82.5 Å². The van der Waals surface area contributed by atoms with Gasteiger partial charge in [-0.25, -0.2) is 9.58 Å². The highest BCUT2D eigenvalue weighted by Gasteiger charge is 2.40. The molecule has 2 aliphatic rings. The fourth-order valence-electron chi connectivity index (χ4n) is 3.55. The lowest BCUT2D eigenvalue weighted by Crippen LogP contribution is -2.30. The molecule has 8 heteroatoms. The van der Waals surface area contributed by atoms with Gasteiger partial charge in [0, 0.05) is 17.1 Å². The molecule has 2 aromatic carbocycles. The van der Waals surface area contributed by atoms with E-state index in [1.165, 1.54) is 0 Å². The molecule has 1 aromatic heterocycles. The van der Waals surface area contributed by atoms with Gasteiger partial charge in [-0.3, -0.25) is 9.59 Å². The molecule has 0 unspecified atom stereocenters. The van der Waals surface area contributed by atoms with Crippen LogP contribution in [0.25, 0.3) is 0 Å². The molecule has 7 nitrogen and oxygen atoms in total. The Morgan fingerprint density at radius 1 is 1.04 bits per heavy atom. The number of rotatable bonds is 2. The third kappa shape index (κ3) is 2.44. The van der Waals surface area contributed by atoms with Crippen LogP contribution >= 0.6 is 11.6 Å². The van der Waals surface area contributed by atoms with Gasteiger partial charge in [0.2, 0.25) is 5.95 Å². The quantitative estimate of drug-likeness (QED) is 0.674. The van der Waals surface area contributed by atoms with E-state index in [4.69, 9.17) is 11.6 Å². The molecule has 138 valence electrons. The molecule has 2 amide bonds. The van der Waals surface area contributed by atoms with E-state index >= 15 is 0 Å². The number of nitrogens with zero attached hydrogens (tertiary/aromatic N) is 4. The average molecular weight is 392 g/mol. The number of benzene rings is 2. The van der Waals surface area contributed by atoms with Gasteiger partial charge in [0.1, 0.15) is 0 Å². The van der Waals surface area contributed by atoms with E-state index in [0.29, 0.717) is 28.5 Å². The van der Waals surface area contributed by atoms with Crippen LogP contribution in [0.3, 0.4) is 0 Å². The number of carbonyl (C=O) groups excluding carboxylic acids is 2. The summed E-state index contributed by atoms with van der Waals surface area (Å²) < 4.78 is 1.68. The van der Waals surface area contributed by atoms with Gasteiger partial charge in [-0.1, -0.05) is 42.4 Å². The summed E-state index contributed by atoms with van der Waals surface area (Å²) >= 11 is 6.00. The van der Waals surface area contributed by atoms with Gasteiger partial charge in [-0.05, 0) is 29.8 Å². The minimum atomic E-state index is -0.426. The number of imide groups is 1. The maximum atomic E-state index is 12.7. The molecule has 0 bridgehead atoms. The number of nitrogens with one attached hydrogen (secondary N) is 1. The maximum absolute atomic E-state index is 12.7. The smallest absolute Gasteiger partial charge is 0.268 e. The summed E-state index contributed by atoms with van der Waals surface area (Å²) in [4.78, 5) is 30.9. The van der Waals surface area contributed by atoms with Crippen LogP contribution in [0.5, 0.6) is 0 Å². The number of amides is 2. The monoisotopic (exact) mass is 391 g/mol. The lowest BCUT2D eigenvalue weighted by Gasteiger charge is -2.26. The van der Waals surface area contributed by atoms with Crippen LogP contribution in [0.4, 0.5) is 11.9 Å². The van der Waals surface area contributed by atoms with Crippen LogP contribution in [0.15, 0.2) is 60.8 Å². The molecule has 2 aliphatic heterocycles. The molecule has 3 heterocycles. The maximum Gasteiger partial charge on any atom is 0.268 e. The van der Waals surface area contributed by atoms with Crippen molar-refractivity contribution in [1.82, 2.24) is 14.8 Å². The second-order valence-electron chi connectivity index (χ2n) is 6.67. The minimum absolute atomic E-state index is 0.0439. The Balaban J connectivity index is 1.58. The summed E-state index contributed by atoms with van der Waals surface area (Å²) in [5, 5.41) is 8.21. The van der Waals surface area contributed by atoms with Crippen LogP contribution in [0.1, 0.15) is 38.7 Å². The van der Waals surface area contributed by atoms with E-state index < -0.39 is 11.8 Å². The lowest BCUT2D eigenvalue weighted by atomic mass is 10.0. The summed E-state index contributed by atoms with van der Waals surface area (Å²) in [6.45, 7) is 4.01. The highest BCUT2D eigenvalue weighted by molar-refractivity contribution is 6.33. The van der Waals surface area contributed by atoms with Crippen LogP contribution in [0, 0.1) is 0 Å². The van der Waals surface area contributed by atoms with Crippen molar-refractivity contribution in [1.29, 1.82) is 0 Å². The molecule has 28 heavy (non-hydrogen) atoms. The van der Waals surface area contributed by atoms with Gasteiger partial charge >= 0.3 is 0 Å². The molecule has 5 rings (SSSR count). The largest absolute Gasteiger partial charge is 0.329 e. The first-order valence-corrected chi connectivity index (χ1v) is 9.05. The zero-order valence-corrected chi connectivity index (χ0v) is 15.3. The predicted octanol–water partition coefficient (Wildman–Crippen LogP) is 3.65. The standard InChI is InChI=1S/C20H14ClN5O2/c1-11-10-16(12-6-8-13(21)9-7-12)26-19(22-11)23-20(24-26)25-17(27)14-4-2-3-5-15(14)18(25)28/h2-9,16H,1,10H2,(H,22,23,24)/t16-/m0/s1. The van der Waals surface area contributed by atoms with Gasteiger partial charge in [-0.2, -0.15) is 4.98 Å². The van der Waals surface area contributed by atoms with E-state index in [1.54, 1.807) is 28.9 Å². The summed E-state index contributed by atoms with van der Waals surface area (Å²) in [5.74, 6) is -0.374. The molecule has 0 spiro atoms. The first-order chi connectivity index (χ1) is 13.5. The summed E-state index contributed by atoms with van der Waals surface area (Å²) in [5.41, 5.74) is 2.46. The number of hydrogen-bond acceptors (Lipinski definition) is 5. The van der Waals surface area contributed by atoms with Gasteiger partial charge in [-0.15, -0.1) is 5.10 Å². The second-order valence-corrected chi connectivity index (χ2v) is 7.11. The summed E-state index contributed by atoms with van der Waals surface area (Å²) in [6.07, 6.45) is 0.597.